The number of anilines is 2. The summed E-state index contributed by atoms with van der Waals surface area (Å²) in [6.45, 7) is 8.76. The summed E-state index contributed by atoms with van der Waals surface area (Å²) in [6.07, 6.45) is 4.85. The van der Waals surface area contributed by atoms with Crippen LogP contribution in [0.15, 0.2) is 48.8 Å². The molecule has 1 aromatic carbocycles. The highest BCUT2D eigenvalue weighted by Gasteiger charge is 2.28. The standard InChI is InChI=1S/C26H32N6O3/c1-17-9-10-18(27)15-22(17)34-23-20(8-5-12-28-23)21-11-13-29-24(31-21)30-19-7-6-14-32(16-19)25(33)35-26(2,3)4/h5,8-13,15,19H,6-7,14,16,27H2,1-4H3,(H,29,30,31)/t19-/m0/s1. The van der Waals surface area contributed by atoms with Gasteiger partial charge in [-0.25, -0.2) is 19.7 Å². The Labute approximate surface area is 205 Å². The van der Waals surface area contributed by atoms with Crippen LogP contribution in [-0.4, -0.2) is 50.7 Å². The predicted molar refractivity (Wildman–Crippen MR) is 135 cm³/mol. The molecule has 1 saturated heterocycles. The van der Waals surface area contributed by atoms with Gasteiger partial charge in [-0.05, 0) is 70.4 Å². The summed E-state index contributed by atoms with van der Waals surface area (Å²) < 4.78 is 11.6. The highest BCUT2D eigenvalue weighted by atomic mass is 16.6. The lowest BCUT2D eigenvalue weighted by atomic mass is 10.1. The molecule has 184 valence electrons. The maximum Gasteiger partial charge on any atom is 0.410 e. The van der Waals surface area contributed by atoms with Crippen LogP contribution in [0.4, 0.5) is 16.4 Å². The molecule has 3 heterocycles. The van der Waals surface area contributed by atoms with Crippen molar-refractivity contribution in [3.63, 3.8) is 0 Å². The number of nitrogens with two attached hydrogens (primary N) is 1. The number of benzene rings is 1. The first-order valence-electron chi connectivity index (χ1n) is 11.7. The van der Waals surface area contributed by atoms with Crippen LogP contribution in [0.1, 0.15) is 39.2 Å². The lowest BCUT2D eigenvalue weighted by Gasteiger charge is -2.34. The number of carbonyl (C=O) groups is 1. The molecule has 0 spiro atoms. The van der Waals surface area contributed by atoms with Crippen LogP contribution in [0, 0.1) is 6.92 Å². The fraction of sp³-hybridized carbons (Fsp3) is 0.385. The number of carbonyl (C=O) groups excluding carboxylic acids is 1. The van der Waals surface area contributed by atoms with Crippen molar-refractivity contribution in [3.05, 3.63) is 54.4 Å². The van der Waals surface area contributed by atoms with Crippen molar-refractivity contribution in [3.8, 4) is 22.9 Å². The van der Waals surface area contributed by atoms with Crippen molar-refractivity contribution in [2.45, 2.75) is 52.2 Å². The van der Waals surface area contributed by atoms with Crippen LogP contribution >= 0.6 is 0 Å². The SMILES string of the molecule is Cc1ccc(N)cc1Oc1ncccc1-c1ccnc(N[C@H]2CCCN(C(=O)OC(C)(C)C)C2)n1. The number of rotatable bonds is 5. The molecule has 1 aliphatic heterocycles. The van der Waals surface area contributed by atoms with E-state index >= 15 is 0 Å². The minimum Gasteiger partial charge on any atom is -0.444 e. The smallest absolute Gasteiger partial charge is 0.410 e. The average Bonchev–Trinajstić information content (AvgIpc) is 2.81. The third-order valence-corrected chi connectivity index (χ3v) is 5.53. The van der Waals surface area contributed by atoms with E-state index in [0.717, 1.165) is 24.0 Å². The zero-order valence-corrected chi connectivity index (χ0v) is 20.6. The number of likely N-dealkylation sites (tertiary alicyclic amines) is 1. The number of aryl methyl sites for hydroxylation is 1. The van der Waals surface area contributed by atoms with Crippen molar-refractivity contribution in [1.82, 2.24) is 19.9 Å². The Kier molecular flexibility index (Phi) is 7.04. The first kappa shape index (κ1) is 24.3. The molecule has 4 rings (SSSR count). The highest BCUT2D eigenvalue weighted by molar-refractivity contribution is 5.68. The number of hydrogen-bond donors (Lipinski definition) is 2. The van der Waals surface area contributed by atoms with Crippen LogP contribution in [0.2, 0.25) is 0 Å². The molecular formula is C26H32N6O3. The number of nitrogen functional groups attached to an aromatic ring is 1. The highest BCUT2D eigenvalue weighted by Crippen LogP contribution is 2.33. The van der Waals surface area contributed by atoms with Gasteiger partial charge in [0.25, 0.3) is 0 Å². The molecule has 9 nitrogen and oxygen atoms in total. The fourth-order valence-electron chi connectivity index (χ4n) is 3.85. The summed E-state index contributed by atoms with van der Waals surface area (Å²) in [7, 11) is 0. The quantitative estimate of drug-likeness (QED) is 0.493. The molecular weight excluding hydrogens is 444 g/mol. The van der Waals surface area contributed by atoms with Crippen LogP contribution in [0.5, 0.6) is 11.6 Å². The van der Waals surface area contributed by atoms with Gasteiger partial charge in [0.15, 0.2) is 0 Å². The molecule has 2 aromatic heterocycles. The Morgan fingerprint density at radius 1 is 1.17 bits per heavy atom. The molecule has 1 atom stereocenters. The van der Waals surface area contributed by atoms with Crippen molar-refractivity contribution < 1.29 is 14.3 Å². The van der Waals surface area contributed by atoms with Crippen LogP contribution in [-0.2, 0) is 4.74 Å². The van der Waals surface area contributed by atoms with Gasteiger partial charge in [-0.1, -0.05) is 6.07 Å². The van der Waals surface area contributed by atoms with Crippen molar-refractivity contribution in [2.75, 3.05) is 24.1 Å². The fourth-order valence-corrected chi connectivity index (χ4v) is 3.85. The summed E-state index contributed by atoms with van der Waals surface area (Å²) in [5.41, 5.74) is 8.39. The Bertz CT molecular complexity index is 1190. The van der Waals surface area contributed by atoms with Gasteiger partial charge in [0.05, 0.1) is 11.3 Å². The molecule has 1 aliphatic rings. The van der Waals surface area contributed by atoms with Gasteiger partial charge in [-0.3, -0.25) is 0 Å². The van der Waals surface area contributed by atoms with Crippen LogP contribution < -0.4 is 15.8 Å². The van der Waals surface area contributed by atoms with Gasteiger partial charge < -0.3 is 25.4 Å². The van der Waals surface area contributed by atoms with Gasteiger partial charge in [-0.2, -0.15) is 0 Å². The van der Waals surface area contributed by atoms with Crippen molar-refractivity contribution in [2.24, 2.45) is 0 Å². The maximum absolute atomic E-state index is 12.5. The lowest BCUT2D eigenvalue weighted by Crippen LogP contribution is -2.47. The maximum atomic E-state index is 12.5. The summed E-state index contributed by atoms with van der Waals surface area (Å²) in [4.78, 5) is 27.8. The number of ether oxygens (including phenoxy) is 2. The second kappa shape index (κ2) is 10.2. The Balaban J connectivity index is 1.50. The minimum absolute atomic E-state index is 0.0195. The van der Waals surface area contributed by atoms with E-state index in [2.05, 4.69) is 15.3 Å². The molecule has 0 bridgehead atoms. The zero-order valence-electron chi connectivity index (χ0n) is 20.6. The molecule has 1 amide bonds. The van der Waals surface area contributed by atoms with Gasteiger partial charge in [-0.15, -0.1) is 0 Å². The Morgan fingerprint density at radius 2 is 2.00 bits per heavy atom. The van der Waals surface area contributed by atoms with E-state index in [9.17, 15) is 4.79 Å². The normalized spacial score (nSPS) is 16.0. The molecule has 1 fully saturated rings. The third kappa shape index (κ3) is 6.38. The van der Waals surface area contributed by atoms with Gasteiger partial charge >= 0.3 is 6.09 Å². The van der Waals surface area contributed by atoms with Crippen molar-refractivity contribution >= 4 is 17.7 Å². The molecule has 0 radical (unpaired) electrons. The monoisotopic (exact) mass is 476 g/mol. The summed E-state index contributed by atoms with van der Waals surface area (Å²) in [5, 5.41) is 3.38. The van der Waals surface area contributed by atoms with E-state index in [1.807, 2.05) is 58.0 Å². The van der Waals surface area contributed by atoms with E-state index in [-0.39, 0.29) is 12.1 Å². The molecule has 35 heavy (non-hydrogen) atoms. The summed E-state index contributed by atoms with van der Waals surface area (Å²) >= 11 is 0. The number of piperidine rings is 1. The predicted octanol–water partition coefficient (Wildman–Crippen LogP) is 5.03. The Morgan fingerprint density at radius 3 is 2.80 bits per heavy atom. The van der Waals surface area contributed by atoms with Gasteiger partial charge in [0, 0.05) is 43.3 Å². The molecule has 3 N–H and O–H groups in total. The van der Waals surface area contributed by atoms with E-state index in [0.29, 0.717) is 42.0 Å². The molecule has 0 aliphatic carbocycles. The molecule has 0 saturated carbocycles. The number of amides is 1. The van der Waals surface area contributed by atoms with E-state index in [4.69, 9.17) is 20.2 Å². The molecule has 9 heteroatoms. The molecule has 0 unspecified atom stereocenters. The number of pyridine rings is 1. The number of hydrogen-bond acceptors (Lipinski definition) is 8. The van der Waals surface area contributed by atoms with Gasteiger partial charge in [0.2, 0.25) is 11.8 Å². The zero-order chi connectivity index (χ0) is 25.0. The largest absolute Gasteiger partial charge is 0.444 e. The summed E-state index contributed by atoms with van der Waals surface area (Å²) in [6, 6.07) is 11.1. The molecule has 3 aromatic rings. The van der Waals surface area contributed by atoms with E-state index < -0.39 is 5.60 Å². The van der Waals surface area contributed by atoms with Crippen LogP contribution in [0.3, 0.4) is 0 Å². The van der Waals surface area contributed by atoms with Crippen LogP contribution in [0.25, 0.3) is 11.3 Å². The van der Waals surface area contributed by atoms with Gasteiger partial charge in [0.1, 0.15) is 11.4 Å². The minimum atomic E-state index is -0.525. The third-order valence-electron chi connectivity index (χ3n) is 5.53. The number of aromatic nitrogens is 3. The number of nitrogens with zero attached hydrogens (tertiary/aromatic N) is 4. The first-order valence-corrected chi connectivity index (χ1v) is 11.7. The summed E-state index contributed by atoms with van der Waals surface area (Å²) in [5.74, 6) is 1.55. The Hall–Kier alpha value is -3.88. The average molecular weight is 477 g/mol. The first-order chi connectivity index (χ1) is 16.7. The second-order valence-electron chi connectivity index (χ2n) is 9.66. The topological polar surface area (TPSA) is 115 Å². The van der Waals surface area contributed by atoms with E-state index in [1.165, 1.54) is 0 Å². The number of nitrogens with one attached hydrogen (secondary N) is 1. The van der Waals surface area contributed by atoms with E-state index in [1.54, 1.807) is 23.4 Å². The second-order valence-corrected chi connectivity index (χ2v) is 9.66. The lowest BCUT2D eigenvalue weighted by molar-refractivity contribution is 0.0206. The van der Waals surface area contributed by atoms with Crippen molar-refractivity contribution in [1.29, 1.82) is 0 Å².